The highest BCUT2D eigenvalue weighted by Gasteiger charge is 2.36. The number of benzene rings is 1. The van der Waals surface area contributed by atoms with Gasteiger partial charge in [-0.15, -0.1) is 0 Å². The second-order valence-corrected chi connectivity index (χ2v) is 5.97. The Hall–Kier alpha value is -0.450. The van der Waals surface area contributed by atoms with Gasteiger partial charge in [0.2, 0.25) is 0 Å². The molecule has 0 heterocycles. The summed E-state index contributed by atoms with van der Waals surface area (Å²) in [6, 6.07) is 4.40. The summed E-state index contributed by atoms with van der Waals surface area (Å²) < 4.78 is 13.6. The second kappa shape index (κ2) is 5.68. The highest BCUT2D eigenvalue weighted by Crippen LogP contribution is 2.33. The Kier molecular flexibility index (Phi) is 4.41. The zero-order valence-electron chi connectivity index (χ0n) is 10.2. The van der Waals surface area contributed by atoms with Gasteiger partial charge in [0.05, 0.1) is 11.7 Å². The van der Waals surface area contributed by atoms with Crippen molar-refractivity contribution in [2.24, 2.45) is 0 Å². The molecule has 1 fully saturated rings. The molecule has 0 saturated heterocycles. The van der Waals surface area contributed by atoms with Gasteiger partial charge in [0.15, 0.2) is 0 Å². The maximum absolute atomic E-state index is 13.0. The predicted octanol–water partition coefficient (Wildman–Crippen LogP) is 3.19. The van der Waals surface area contributed by atoms with Gasteiger partial charge in [-0.3, -0.25) is 0 Å². The molecule has 2 N–H and O–H groups in total. The lowest BCUT2D eigenvalue weighted by Gasteiger charge is -2.36. The van der Waals surface area contributed by atoms with Gasteiger partial charge in [0, 0.05) is 10.9 Å². The largest absolute Gasteiger partial charge is 0.390 e. The van der Waals surface area contributed by atoms with E-state index in [1.54, 1.807) is 6.07 Å². The topological polar surface area (TPSA) is 40.5 Å². The van der Waals surface area contributed by atoms with Crippen molar-refractivity contribution in [1.29, 1.82) is 0 Å². The lowest BCUT2D eigenvalue weighted by atomic mass is 9.79. The first kappa shape index (κ1) is 14.0. The van der Waals surface area contributed by atoms with Gasteiger partial charge in [-0.05, 0) is 30.5 Å². The first-order chi connectivity index (χ1) is 8.51. The summed E-state index contributed by atoms with van der Waals surface area (Å²) in [4.78, 5) is 0. The number of halogens is 2. The van der Waals surface area contributed by atoms with Crippen molar-refractivity contribution in [2.45, 2.75) is 50.2 Å². The van der Waals surface area contributed by atoms with Crippen LogP contribution in [0.4, 0.5) is 4.39 Å². The van der Waals surface area contributed by atoms with Crippen molar-refractivity contribution in [2.75, 3.05) is 0 Å². The molecule has 1 aliphatic carbocycles. The molecule has 4 heteroatoms. The molecule has 100 valence electrons. The molecule has 0 amide bonds. The molecule has 1 atom stereocenters. The fraction of sp³-hybridized carbons (Fsp3) is 0.571. The molecular formula is C14H18BrFO2. The molecular weight excluding hydrogens is 299 g/mol. The van der Waals surface area contributed by atoms with Gasteiger partial charge in [0.25, 0.3) is 0 Å². The van der Waals surface area contributed by atoms with Crippen molar-refractivity contribution in [3.8, 4) is 0 Å². The minimum atomic E-state index is -0.980. The normalized spacial score (nSPS) is 20.7. The predicted molar refractivity (Wildman–Crippen MR) is 71.8 cm³/mol. The lowest BCUT2D eigenvalue weighted by Crippen LogP contribution is -2.45. The molecule has 18 heavy (non-hydrogen) atoms. The van der Waals surface area contributed by atoms with Crippen LogP contribution in [0.5, 0.6) is 0 Å². The molecule has 1 aromatic rings. The summed E-state index contributed by atoms with van der Waals surface area (Å²) in [7, 11) is 0. The zero-order chi connectivity index (χ0) is 13.2. The molecule has 1 unspecified atom stereocenters. The van der Waals surface area contributed by atoms with Crippen molar-refractivity contribution in [1.82, 2.24) is 0 Å². The van der Waals surface area contributed by atoms with Crippen molar-refractivity contribution in [3.63, 3.8) is 0 Å². The maximum atomic E-state index is 13.0. The Labute approximate surface area is 115 Å². The molecule has 0 spiro atoms. The monoisotopic (exact) mass is 316 g/mol. The maximum Gasteiger partial charge on any atom is 0.124 e. The third-order valence-electron chi connectivity index (χ3n) is 3.77. The smallest absolute Gasteiger partial charge is 0.124 e. The molecule has 0 aliphatic heterocycles. The van der Waals surface area contributed by atoms with Gasteiger partial charge in [-0.1, -0.05) is 41.3 Å². The molecule has 0 aromatic heterocycles. The van der Waals surface area contributed by atoms with Gasteiger partial charge >= 0.3 is 0 Å². The minimum Gasteiger partial charge on any atom is -0.390 e. The van der Waals surface area contributed by atoms with Crippen LogP contribution in [0.15, 0.2) is 22.7 Å². The van der Waals surface area contributed by atoms with E-state index in [9.17, 15) is 14.6 Å². The Morgan fingerprint density at radius 1 is 1.28 bits per heavy atom. The summed E-state index contributed by atoms with van der Waals surface area (Å²) >= 11 is 3.28. The first-order valence-electron chi connectivity index (χ1n) is 6.36. The van der Waals surface area contributed by atoms with Crippen LogP contribution in [0.2, 0.25) is 0 Å². The highest BCUT2D eigenvalue weighted by molar-refractivity contribution is 9.10. The van der Waals surface area contributed by atoms with Gasteiger partial charge in [-0.2, -0.15) is 0 Å². The summed E-state index contributed by atoms with van der Waals surface area (Å²) in [5.74, 6) is -0.309. The summed E-state index contributed by atoms with van der Waals surface area (Å²) in [6.45, 7) is 0. The van der Waals surface area contributed by atoms with E-state index in [-0.39, 0.29) is 5.82 Å². The van der Waals surface area contributed by atoms with E-state index in [1.165, 1.54) is 12.1 Å². The van der Waals surface area contributed by atoms with E-state index in [1.807, 2.05) is 0 Å². The standard InChI is InChI=1S/C14H18BrFO2/c15-12-9-11(16)5-4-10(12)8-13(17)14(18)6-2-1-3-7-14/h4-5,9,13,17-18H,1-3,6-8H2. The minimum absolute atomic E-state index is 0.309. The van der Waals surface area contributed by atoms with Crippen molar-refractivity contribution in [3.05, 3.63) is 34.1 Å². The summed E-state index contributed by atoms with van der Waals surface area (Å²) in [5, 5.41) is 20.6. The SMILES string of the molecule is OC(Cc1ccc(F)cc1Br)C1(O)CCCCC1. The molecule has 1 aliphatic rings. The van der Waals surface area contributed by atoms with Crippen LogP contribution in [-0.2, 0) is 6.42 Å². The Morgan fingerprint density at radius 3 is 2.56 bits per heavy atom. The quantitative estimate of drug-likeness (QED) is 0.899. The van der Waals surface area contributed by atoms with Gasteiger partial charge in [0.1, 0.15) is 5.82 Å². The number of aliphatic hydroxyl groups is 2. The van der Waals surface area contributed by atoms with E-state index >= 15 is 0 Å². The summed E-state index contributed by atoms with van der Waals surface area (Å²) in [6.07, 6.45) is 3.88. The molecule has 1 saturated carbocycles. The van der Waals surface area contributed by atoms with Crippen LogP contribution in [0.1, 0.15) is 37.7 Å². The Morgan fingerprint density at radius 2 is 1.94 bits per heavy atom. The van der Waals surface area contributed by atoms with E-state index in [4.69, 9.17) is 0 Å². The van der Waals surface area contributed by atoms with Crippen LogP contribution in [0.3, 0.4) is 0 Å². The van der Waals surface area contributed by atoms with Crippen LogP contribution in [0, 0.1) is 5.82 Å². The van der Waals surface area contributed by atoms with E-state index in [0.29, 0.717) is 23.7 Å². The van der Waals surface area contributed by atoms with Crippen molar-refractivity contribution >= 4 is 15.9 Å². The number of aliphatic hydroxyl groups excluding tert-OH is 1. The average molecular weight is 317 g/mol. The average Bonchev–Trinajstić information content (AvgIpc) is 2.33. The van der Waals surface area contributed by atoms with Crippen molar-refractivity contribution < 1.29 is 14.6 Å². The van der Waals surface area contributed by atoms with Crippen LogP contribution >= 0.6 is 15.9 Å². The van der Waals surface area contributed by atoms with Crippen LogP contribution in [-0.4, -0.2) is 21.9 Å². The number of hydrogen-bond donors (Lipinski definition) is 2. The zero-order valence-corrected chi connectivity index (χ0v) is 11.8. The van der Waals surface area contributed by atoms with E-state index < -0.39 is 11.7 Å². The molecule has 2 nitrogen and oxygen atoms in total. The number of hydrogen-bond acceptors (Lipinski definition) is 2. The summed E-state index contributed by atoms with van der Waals surface area (Å²) in [5.41, 5.74) is -0.158. The van der Waals surface area contributed by atoms with Crippen LogP contribution in [0.25, 0.3) is 0 Å². The highest BCUT2D eigenvalue weighted by atomic mass is 79.9. The molecule has 0 bridgehead atoms. The number of rotatable bonds is 3. The third kappa shape index (κ3) is 3.11. The third-order valence-corrected chi connectivity index (χ3v) is 4.51. The fourth-order valence-corrected chi connectivity index (χ4v) is 3.10. The fourth-order valence-electron chi connectivity index (χ4n) is 2.58. The first-order valence-corrected chi connectivity index (χ1v) is 7.15. The molecule has 0 radical (unpaired) electrons. The van der Waals surface area contributed by atoms with Crippen LogP contribution < -0.4 is 0 Å². The lowest BCUT2D eigenvalue weighted by molar-refractivity contribution is -0.0961. The molecule has 1 aromatic carbocycles. The van der Waals surface area contributed by atoms with Gasteiger partial charge < -0.3 is 10.2 Å². The molecule has 2 rings (SSSR count). The van der Waals surface area contributed by atoms with E-state index in [0.717, 1.165) is 24.8 Å². The Balaban J connectivity index is 2.08. The Bertz CT molecular complexity index is 416. The second-order valence-electron chi connectivity index (χ2n) is 5.12. The van der Waals surface area contributed by atoms with E-state index in [2.05, 4.69) is 15.9 Å². The van der Waals surface area contributed by atoms with Gasteiger partial charge in [-0.25, -0.2) is 4.39 Å².